The van der Waals surface area contributed by atoms with Crippen LogP contribution in [0.3, 0.4) is 0 Å². The zero-order valence-electron chi connectivity index (χ0n) is 13.1. The molecular weight excluding hydrogens is 290 g/mol. The molecular formula is C18H19N3O2. The average molecular weight is 309 g/mol. The van der Waals surface area contributed by atoms with Crippen molar-refractivity contribution in [3.63, 3.8) is 0 Å². The number of anilines is 1. The molecule has 0 aliphatic carbocycles. The number of nitrogens with zero attached hydrogens (tertiary/aromatic N) is 2. The number of nitrogens with one attached hydrogen (secondary N) is 1. The summed E-state index contributed by atoms with van der Waals surface area (Å²) in [4.78, 5) is 17.6. The Bertz CT molecular complexity index is 812. The zero-order valence-corrected chi connectivity index (χ0v) is 13.1. The highest BCUT2D eigenvalue weighted by atomic mass is 16.4. The maximum Gasteiger partial charge on any atom is 0.413 e. The van der Waals surface area contributed by atoms with E-state index in [0.717, 1.165) is 16.1 Å². The smallest absolute Gasteiger partial charge is 0.413 e. The van der Waals surface area contributed by atoms with Crippen molar-refractivity contribution in [1.82, 2.24) is 5.32 Å². The van der Waals surface area contributed by atoms with E-state index in [9.17, 15) is 9.90 Å². The molecule has 0 fully saturated rings. The number of hydrogen-bond acceptors (Lipinski definition) is 3. The molecule has 1 heterocycles. The number of benzene rings is 2. The summed E-state index contributed by atoms with van der Waals surface area (Å²) in [7, 11) is 1.88. The Morgan fingerprint density at radius 3 is 2.74 bits per heavy atom. The van der Waals surface area contributed by atoms with Crippen LogP contribution in [0.5, 0.6) is 0 Å². The van der Waals surface area contributed by atoms with Crippen molar-refractivity contribution in [3.8, 4) is 0 Å². The van der Waals surface area contributed by atoms with Gasteiger partial charge in [-0.3, -0.25) is 9.89 Å². The molecule has 118 valence electrons. The molecule has 2 atom stereocenters. The third-order valence-electron chi connectivity index (χ3n) is 4.09. The minimum Gasteiger partial charge on any atom is -0.465 e. The van der Waals surface area contributed by atoms with Crippen molar-refractivity contribution >= 4 is 17.9 Å². The zero-order chi connectivity index (χ0) is 16.4. The van der Waals surface area contributed by atoms with Crippen molar-refractivity contribution in [2.24, 2.45) is 4.99 Å². The number of fused-ring (bicyclic) bond motifs is 1. The number of amides is 1. The molecule has 2 N–H and O–H groups in total. The lowest BCUT2D eigenvalue weighted by Gasteiger charge is -2.24. The third kappa shape index (κ3) is 2.96. The van der Waals surface area contributed by atoms with Crippen LogP contribution < -0.4 is 20.8 Å². The monoisotopic (exact) mass is 309 g/mol. The molecule has 3 rings (SSSR count). The van der Waals surface area contributed by atoms with Crippen molar-refractivity contribution in [3.05, 3.63) is 64.7 Å². The predicted octanol–water partition coefficient (Wildman–Crippen LogP) is 1.89. The molecule has 0 saturated heterocycles. The van der Waals surface area contributed by atoms with Gasteiger partial charge in [0.05, 0.1) is 5.36 Å². The highest BCUT2D eigenvalue weighted by Gasteiger charge is 2.25. The summed E-state index contributed by atoms with van der Waals surface area (Å²) in [5.41, 5.74) is 1.65. The van der Waals surface area contributed by atoms with Crippen LogP contribution in [0.25, 0.3) is 6.08 Å². The van der Waals surface area contributed by atoms with Crippen LogP contribution in [-0.2, 0) is 0 Å². The Labute approximate surface area is 134 Å². The summed E-state index contributed by atoms with van der Waals surface area (Å²) in [5.74, 6) is 0. The molecule has 23 heavy (non-hydrogen) atoms. The maximum absolute atomic E-state index is 11.8. The van der Waals surface area contributed by atoms with Gasteiger partial charge in [0.15, 0.2) is 6.17 Å². The van der Waals surface area contributed by atoms with Gasteiger partial charge in [-0.15, -0.1) is 0 Å². The van der Waals surface area contributed by atoms with Gasteiger partial charge in [0, 0.05) is 11.7 Å². The van der Waals surface area contributed by atoms with Gasteiger partial charge < -0.3 is 10.4 Å². The predicted molar refractivity (Wildman–Crippen MR) is 89.9 cm³/mol. The van der Waals surface area contributed by atoms with E-state index in [1.807, 2.05) is 62.5 Å². The Kier molecular flexibility index (Phi) is 4.12. The fourth-order valence-electron chi connectivity index (χ4n) is 2.71. The number of hydrogen-bond donors (Lipinski definition) is 2. The highest BCUT2D eigenvalue weighted by Crippen LogP contribution is 2.23. The fraction of sp³-hybridized carbons (Fsp3) is 0.222. The standard InChI is InChI=1S/C18H19N3O2/c1-12(19-2)13-7-5-8-15(10-13)21(18(22)23)17-11-14-6-3-4-9-16(14)20-17/h3-12,17,19H,1-2H3,(H,22,23). The van der Waals surface area contributed by atoms with E-state index in [1.165, 1.54) is 4.90 Å². The molecule has 1 aliphatic rings. The second kappa shape index (κ2) is 6.22. The number of rotatable bonds is 4. The molecule has 0 bridgehead atoms. The maximum atomic E-state index is 11.8. The molecule has 5 nitrogen and oxygen atoms in total. The number of carboxylic acid groups (broad SMARTS) is 1. The largest absolute Gasteiger partial charge is 0.465 e. The first-order valence-corrected chi connectivity index (χ1v) is 7.54. The Hall–Kier alpha value is -2.66. The van der Waals surface area contributed by atoms with Gasteiger partial charge in [0.2, 0.25) is 0 Å². The minimum absolute atomic E-state index is 0.146. The first-order valence-electron chi connectivity index (χ1n) is 7.54. The van der Waals surface area contributed by atoms with Gasteiger partial charge in [0.1, 0.15) is 0 Å². The Morgan fingerprint density at radius 2 is 2.04 bits per heavy atom. The van der Waals surface area contributed by atoms with Gasteiger partial charge in [-0.1, -0.05) is 30.3 Å². The summed E-state index contributed by atoms with van der Waals surface area (Å²) in [6, 6.07) is 15.3. The average Bonchev–Trinajstić information content (AvgIpc) is 2.97. The lowest BCUT2D eigenvalue weighted by atomic mass is 10.1. The van der Waals surface area contributed by atoms with Gasteiger partial charge in [0.25, 0.3) is 0 Å². The van der Waals surface area contributed by atoms with Crippen LogP contribution in [0.4, 0.5) is 10.5 Å². The third-order valence-corrected chi connectivity index (χ3v) is 4.09. The van der Waals surface area contributed by atoms with E-state index >= 15 is 0 Å². The molecule has 1 aliphatic heterocycles. The molecule has 2 aromatic rings. The van der Waals surface area contributed by atoms with Gasteiger partial charge in [-0.05, 0) is 49.0 Å². The number of para-hydroxylation sites is 1. The minimum atomic E-state index is -1.02. The first kappa shape index (κ1) is 15.2. The summed E-state index contributed by atoms with van der Waals surface area (Å²) >= 11 is 0. The molecule has 0 saturated carbocycles. The van der Waals surface area contributed by atoms with Crippen LogP contribution in [0, 0.1) is 0 Å². The van der Waals surface area contributed by atoms with E-state index in [1.54, 1.807) is 6.07 Å². The van der Waals surface area contributed by atoms with Crippen molar-refractivity contribution in [2.45, 2.75) is 19.1 Å². The topological polar surface area (TPSA) is 64.9 Å². The molecule has 0 aromatic heterocycles. The van der Waals surface area contributed by atoms with Gasteiger partial charge in [-0.2, -0.15) is 0 Å². The van der Waals surface area contributed by atoms with E-state index in [4.69, 9.17) is 0 Å². The van der Waals surface area contributed by atoms with E-state index in [-0.39, 0.29) is 6.04 Å². The van der Waals surface area contributed by atoms with E-state index < -0.39 is 12.3 Å². The van der Waals surface area contributed by atoms with Crippen LogP contribution in [0.2, 0.25) is 0 Å². The quantitative estimate of drug-likeness (QED) is 0.906. The second-order valence-corrected chi connectivity index (χ2v) is 5.53. The second-order valence-electron chi connectivity index (χ2n) is 5.53. The van der Waals surface area contributed by atoms with Gasteiger partial charge in [-0.25, -0.2) is 4.79 Å². The summed E-state index contributed by atoms with van der Waals surface area (Å²) in [5, 5.41) is 14.6. The Balaban J connectivity index is 2.01. The van der Waals surface area contributed by atoms with Crippen molar-refractivity contribution in [1.29, 1.82) is 0 Å². The SMILES string of the molecule is CNC(C)c1cccc(N(C(=O)O)C2C=c3ccccc3=N2)c1. The van der Waals surface area contributed by atoms with Crippen LogP contribution >= 0.6 is 0 Å². The van der Waals surface area contributed by atoms with Crippen molar-refractivity contribution < 1.29 is 9.90 Å². The van der Waals surface area contributed by atoms with E-state index in [0.29, 0.717) is 5.69 Å². The molecule has 5 heteroatoms. The van der Waals surface area contributed by atoms with Crippen LogP contribution in [-0.4, -0.2) is 24.4 Å². The molecule has 0 radical (unpaired) electrons. The van der Waals surface area contributed by atoms with Crippen LogP contribution in [0.1, 0.15) is 18.5 Å². The molecule has 2 aromatic carbocycles. The van der Waals surface area contributed by atoms with E-state index in [2.05, 4.69) is 10.3 Å². The normalized spacial score (nSPS) is 16.9. The summed E-state index contributed by atoms with van der Waals surface area (Å²) in [6.45, 7) is 2.03. The lowest BCUT2D eigenvalue weighted by Crippen LogP contribution is -2.36. The van der Waals surface area contributed by atoms with Crippen LogP contribution in [0.15, 0.2) is 53.5 Å². The molecule has 2 unspecified atom stereocenters. The first-order chi connectivity index (χ1) is 11.1. The summed E-state index contributed by atoms with van der Waals surface area (Å²) in [6.07, 6.45) is 0.319. The van der Waals surface area contributed by atoms with Gasteiger partial charge >= 0.3 is 6.09 Å². The molecule has 1 amide bonds. The summed E-state index contributed by atoms with van der Waals surface area (Å²) < 4.78 is 0. The highest BCUT2D eigenvalue weighted by molar-refractivity contribution is 5.88. The molecule has 0 spiro atoms. The Morgan fingerprint density at radius 1 is 1.26 bits per heavy atom. The number of carbonyl (C=O) groups is 1. The lowest BCUT2D eigenvalue weighted by molar-refractivity contribution is 0.201. The van der Waals surface area contributed by atoms with Crippen molar-refractivity contribution in [2.75, 3.05) is 11.9 Å². The fourth-order valence-corrected chi connectivity index (χ4v) is 2.71.